The minimum Gasteiger partial charge on any atom is -0.465 e. The number of amides is 2. The third kappa shape index (κ3) is 2.73. The first kappa shape index (κ1) is 16.8. The van der Waals surface area contributed by atoms with E-state index in [2.05, 4.69) is 9.97 Å². The highest BCUT2D eigenvalue weighted by Gasteiger charge is 2.40. The summed E-state index contributed by atoms with van der Waals surface area (Å²) in [5.74, 6) is -0.365. The molecule has 1 aromatic carbocycles. The topological polar surface area (TPSA) is 140 Å². The number of primary amides is 1. The molecule has 5 N–H and O–H groups in total. The molecule has 0 saturated carbocycles. The number of rotatable bonds is 3. The predicted octanol–water partition coefficient (Wildman–Crippen LogP) is 1.46. The monoisotopic (exact) mass is 366 g/mol. The molecule has 1 aliphatic heterocycles. The molecule has 27 heavy (non-hydrogen) atoms. The quantitative estimate of drug-likeness (QED) is 0.641. The fourth-order valence-corrected chi connectivity index (χ4v) is 3.72. The molecule has 138 valence electrons. The summed E-state index contributed by atoms with van der Waals surface area (Å²) in [6, 6.07) is 8.51. The number of carboxylic acid groups (broad SMARTS) is 1. The Morgan fingerprint density at radius 1 is 1.19 bits per heavy atom. The molecule has 3 heterocycles. The van der Waals surface area contributed by atoms with Crippen LogP contribution in [0.5, 0.6) is 0 Å². The van der Waals surface area contributed by atoms with E-state index in [0.29, 0.717) is 16.9 Å². The van der Waals surface area contributed by atoms with Crippen LogP contribution in [0.15, 0.2) is 42.9 Å². The van der Waals surface area contributed by atoms with Gasteiger partial charge in [0.2, 0.25) is 5.91 Å². The lowest BCUT2D eigenvalue weighted by Gasteiger charge is -2.17. The van der Waals surface area contributed by atoms with Crippen molar-refractivity contribution < 1.29 is 14.7 Å². The molecule has 9 nitrogen and oxygen atoms in total. The van der Waals surface area contributed by atoms with Crippen LogP contribution in [0.25, 0.3) is 22.2 Å². The van der Waals surface area contributed by atoms with E-state index in [1.165, 1.54) is 6.33 Å². The maximum absolute atomic E-state index is 11.7. The summed E-state index contributed by atoms with van der Waals surface area (Å²) in [6.07, 6.45) is 2.39. The summed E-state index contributed by atoms with van der Waals surface area (Å²) >= 11 is 0. The zero-order valence-corrected chi connectivity index (χ0v) is 14.3. The highest BCUT2D eigenvalue weighted by atomic mass is 16.4. The van der Waals surface area contributed by atoms with Crippen LogP contribution in [0.4, 0.5) is 10.6 Å². The van der Waals surface area contributed by atoms with Gasteiger partial charge in [0.15, 0.2) is 5.82 Å². The van der Waals surface area contributed by atoms with Gasteiger partial charge in [-0.3, -0.25) is 9.69 Å². The van der Waals surface area contributed by atoms with E-state index >= 15 is 0 Å². The molecule has 2 aromatic heterocycles. The van der Waals surface area contributed by atoms with Crippen LogP contribution in [0.1, 0.15) is 12.5 Å². The molecule has 1 fully saturated rings. The van der Waals surface area contributed by atoms with Gasteiger partial charge in [0, 0.05) is 18.3 Å². The average Bonchev–Trinajstić information content (AvgIpc) is 3.25. The van der Waals surface area contributed by atoms with Crippen LogP contribution in [0, 0.1) is 0 Å². The van der Waals surface area contributed by atoms with Crippen molar-refractivity contribution in [2.75, 3.05) is 12.3 Å². The largest absolute Gasteiger partial charge is 0.465 e. The summed E-state index contributed by atoms with van der Waals surface area (Å²) in [7, 11) is 0. The number of aromatic nitrogens is 3. The number of anilines is 1. The molecule has 0 aliphatic carbocycles. The molecule has 0 bridgehead atoms. The Bertz CT molecular complexity index is 1010. The van der Waals surface area contributed by atoms with Gasteiger partial charge in [-0.15, -0.1) is 0 Å². The summed E-state index contributed by atoms with van der Waals surface area (Å²) < 4.78 is 1.87. The standard InChI is InChI=1S/C18H18N6O3/c19-16-15-14(21-9-22-16)12(10-4-2-1-3-5-10)8-23(15)11-6-13(17(20)25)24(7-11)18(26)27/h1-5,8-9,11,13H,6-7H2,(H2,20,25)(H,26,27)(H2,19,21,22). The van der Waals surface area contributed by atoms with Gasteiger partial charge in [0.25, 0.3) is 0 Å². The Hall–Kier alpha value is -3.62. The van der Waals surface area contributed by atoms with Gasteiger partial charge in [-0.05, 0) is 12.0 Å². The molecule has 0 radical (unpaired) electrons. The highest BCUT2D eigenvalue weighted by Crippen LogP contribution is 2.37. The van der Waals surface area contributed by atoms with Gasteiger partial charge >= 0.3 is 6.09 Å². The molecule has 1 saturated heterocycles. The van der Waals surface area contributed by atoms with Gasteiger partial charge < -0.3 is 21.1 Å². The summed E-state index contributed by atoms with van der Waals surface area (Å²) in [5.41, 5.74) is 14.6. The number of carbonyl (C=O) groups is 2. The van der Waals surface area contributed by atoms with E-state index in [0.717, 1.165) is 16.0 Å². The van der Waals surface area contributed by atoms with Crippen LogP contribution in [-0.4, -0.2) is 49.1 Å². The molecule has 4 rings (SSSR count). The first-order valence-corrected chi connectivity index (χ1v) is 8.42. The van der Waals surface area contributed by atoms with Gasteiger partial charge in [0.05, 0.1) is 6.04 Å². The lowest BCUT2D eigenvalue weighted by molar-refractivity contribution is -0.121. The fourth-order valence-electron chi connectivity index (χ4n) is 3.72. The summed E-state index contributed by atoms with van der Waals surface area (Å²) in [4.78, 5) is 32.8. The van der Waals surface area contributed by atoms with Crippen molar-refractivity contribution in [3.63, 3.8) is 0 Å². The Morgan fingerprint density at radius 2 is 1.93 bits per heavy atom. The number of likely N-dealkylation sites (tertiary alicyclic amines) is 1. The normalized spacial score (nSPS) is 19.5. The van der Waals surface area contributed by atoms with Gasteiger partial charge in [-0.2, -0.15) is 0 Å². The zero-order valence-electron chi connectivity index (χ0n) is 14.3. The zero-order chi connectivity index (χ0) is 19.1. The maximum atomic E-state index is 11.7. The first-order valence-electron chi connectivity index (χ1n) is 8.42. The summed E-state index contributed by atoms with van der Waals surface area (Å²) in [5, 5.41) is 9.41. The second-order valence-corrected chi connectivity index (χ2v) is 6.51. The van der Waals surface area contributed by atoms with Crippen molar-refractivity contribution in [2.45, 2.75) is 18.5 Å². The molecule has 2 amide bonds. The number of nitrogen functional groups attached to an aromatic ring is 1. The minimum atomic E-state index is -1.18. The van der Waals surface area contributed by atoms with Crippen molar-refractivity contribution in [1.29, 1.82) is 0 Å². The fraction of sp³-hybridized carbons (Fsp3) is 0.222. The van der Waals surface area contributed by atoms with E-state index in [9.17, 15) is 14.7 Å². The van der Waals surface area contributed by atoms with Crippen LogP contribution in [0.2, 0.25) is 0 Å². The maximum Gasteiger partial charge on any atom is 0.408 e. The van der Waals surface area contributed by atoms with Crippen molar-refractivity contribution in [3.8, 4) is 11.1 Å². The Kier molecular flexibility index (Phi) is 3.91. The molecule has 3 aromatic rings. The molecular formula is C18H18N6O3. The van der Waals surface area contributed by atoms with Gasteiger partial charge in [0.1, 0.15) is 23.4 Å². The minimum absolute atomic E-state index is 0.134. The Labute approximate surface area is 154 Å². The van der Waals surface area contributed by atoms with Crippen molar-refractivity contribution >= 4 is 28.9 Å². The van der Waals surface area contributed by atoms with E-state index in [1.807, 2.05) is 41.1 Å². The number of fused-ring (bicyclic) bond motifs is 1. The van der Waals surface area contributed by atoms with Gasteiger partial charge in [-0.25, -0.2) is 14.8 Å². The van der Waals surface area contributed by atoms with Crippen LogP contribution in [0.3, 0.4) is 0 Å². The average molecular weight is 366 g/mol. The molecule has 9 heteroatoms. The Balaban J connectivity index is 1.86. The van der Waals surface area contributed by atoms with E-state index in [-0.39, 0.29) is 19.0 Å². The molecule has 2 unspecified atom stereocenters. The number of hydrogen-bond donors (Lipinski definition) is 3. The molecule has 1 aliphatic rings. The van der Waals surface area contributed by atoms with E-state index in [4.69, 9.17) is 11.5 Å². The predicted molar refractivity (Wildman–Crippen MR) is 98.7 cm³/mol. The number of nitrogens with zero attached hydrogens (tertiary/aromatic N) is 4. The first-order chi connectivity index (χ1) is 13.0. The number of benzene rings is 1. The lowest BCUT2D eigenvalue weighted by atomic mass is 10.1. The van der Waals surface area contributed by atoms with Crippen molar-refractivity contribution in [3.05, 3.63) is 42.9 Å². The van der Waals surface area contributed by atoms with Gasteiger partial charge in [-0.1, -0.05) is 30.3 Å². The van der Waals surface area contributed by atoms with Crippen molar-refractivity contribution in [2.24, 2.45) is 5.73 Å². The number of carbonyl (C=O) groups excluding carboxylic acids is 1. The summed E-state index contributed by atoms with van der Waals surface area (Å²) in [6.45, 7) is 0.134. The van der Waals surface area contributed by atoms with Crippen LogP contribution >= 0.6 is 0 Å². The highest BCUT2D eigenvalue weighted by molar-refractivity contribution is 5.97. The van der Waals surface area contributed by atoms with Crippen molar-refractivity contribution in [1.82, 2.24) is 19.4 Å². The molecular weight excluding hydrogens is 348 g/mol. The van der Waals surface area contributed by atoms with Crippen LogP contribution in [-0.2, 0) is 4.79 Å². The van der Waals surface area contributed by atoms with E-state index < -0.39 is 18.0 Å². The third-order valence-corrected chi connectivity index (χ3v) is 4.96. The third-order valence-electron chi connectivity index (χ3n) is 4.96. The Morgan fingerprint density at radius 3 is 2.56 bits per heavy atom. The number of hydrogen-bond acceptors (Lipinski definition) is 5. The number of nitrogens with two attached hydrogens (primary N) is 2. The second kappa shape index (κ2) is 6.27. The second-order valence-electron chi connectivity index (χ2n) is 6.51. The molecule has 2 atom stereocenters. The van der Waals surface area contributed by atoms with Crippen LogP contribution < -0.4 is 11.5 Å². The van der Waals surface area contributed by atoms with E-state index in [1.54, 1.807) is 0 Å². The molecule has 0 spiro atoms. The smallest absolute Gasteiger partial charge is 0.408 e. The SMILES string of the molecule is NC(=O)C1CC(n2cc(-c3ccccc3)c3ncnc(N)c32)CN1C(=O)O. The lowest BCUT2D eigenvalue weighted by Crippen LogP contribution is -2.42.